The minimum Gasteiger partial charge on any atom is -0.205 e. The zero-order chi connectivity index (χ0) is 13.8. The lowest BCUT2D eigenvalue weighted by Gasteiger charge is -2.31. The first-order chi connectivity index (χ1) is 8.42. The molecular weight excluding hydrogens is 294 g/mol. The molecule has 0 heterocycles. The van der Waals surface area contributed by atoms with Gasteiger partial charge in [-0.05, 0) is 36.5 Å². The second kappa shape index (κ2) is 6.98. The Hall–Kier alpha value is 0.0200. The number of halogens is 4. The zero-order valence-electron chi connectivity index (χ0n) is 10.6. The van der Waals surface area contributed by atoms with Gasteiger partial charge in [-0.3, -0.25) is 0 Å². The van der Waals surface area contributed by atoms with E-state index >= 15 is 0 Å². The third-order valence-electron chi connectivity index (χ3n) is 2.97. The number of rotatable bonds is 6. The molecule has 1 aromatic rings. The molecule has 1 rings (SSSR count). The van der Waals surface area contributed by atoms with Crippen molar-refractivity contribution in [3.63, 3.8) is 0 Å². The van der Waals surface area contributed by atoms with E-state index in [1.54, 1.807) is 6.07 Å². The van der Waals surface area contributed by atoms with Gasteiger partial charge in [0.15, 0.2) is 0 Å². The summed E-state index contributed by atoms with van der Waals surface area (Å²) in [6, 6.07) is 4.88. The first kappa shape index (κ1) is 16.1. The van der Waals surface area contributed by atoms with E-state index < -0.39 is 5.82 Å². The van der Waals surface area contributed by atoms with E-state index in [0.717, 1.165) is 12.0 Å². The molecule has 0 aliphatic rings. The molecule has 0 amide bonds. The van der Waals surface area contributed by atoms with Gasteiger partial charge in [-0.15, -0.1) is 23.2 Å². The lowest BCUT2D eigenvalue weighted by atomic mass is 9.78. The van der Waals surface area contributed by atoms with Crippen LogP contribution in [0.15, 0.2) is 18.2 Å². The summed E-state index contributed by atoms with van der Waals surface area (Å²) in [7, 11) is 0. The highest BCUT2D eigenvalue weighted by Crippen LogP contribution is 2.34. The van der Waals surface area contributed by atoms with E-state index in [-0.39, 0.29) is 10.4 Å². The van der Waals surface area contributed by atoms with Gasteiger partial charge in [-0.1, -0.05) is 31.5 Å². The Kier molecular flexibility index (Phi) is 6.23. The fourth-order valence-electron chi connectivity index (χ4n) is 2.26. The highest BCUT2D eigenvalue weighted by molar-refractivity contribution is 6.30. The molecule has 4 heteroatoms. The molecule has 0 unspecified atom stereocenters. The largest absolute Gasteiger partial charge is 0.205 e. The fourth-order valence-corrected chi connectivity index (χ4v) is 3.07. The molecule has 102 valence electrons. The Morgan fingerprint density at radius 2 is 1.83 bits per heavy atom. The van der Waals surface area contributed by atoms with Gasteiger partial charge in [0.1, 0.15) is 5.82 Å². The average molecular weight is 312 g/mol. The van der Waals surface area contributed by atoms with Crippen molar-refractivity contribution >= 4 is 34.8 Å². The summed E-state index contributed by atoms with van der Waals surface area (Å²) in [5, 5.41) is 0.143. The normalized spacial score (nSPS) is 12.2. The summed E-state index contributed by atoms with van der Waals surface area (Å²) < 4.78 is 13.4. The van der Waals surface area contributed by atoms with Gasteiger partial charge < -0.3 is 0 Å². The van der Waals surface area contributed by atoms with Crippen molar-refractivity contribution in [1.82, 2.24) is 0 Å². The fraction of sp³-hybridized carbons (Fsp3) is 0.571. The van der Waals surface area contributed by atoms with E-state index in [9.17, 15) is 4.39 Å². The number of benzene rings is 1. The summed E-state index contributed by atoms with van der Waals surface area (Å²) in [5.41, 5.74) is 0.705. The summed E-state index contributed by atoms with van der Waals surface area (Å²) in [6.07, 6.45) is 1.59. The van der Waals surface area contributed by atoms with Gasteiger partial charge >= 0.3 is 0 Å². The molecule has 0 spiro atoms. The van der Waals surface area contributed by atoms with E-state index in [1.807, 2.05) is 6.07 Å². The van der Waals surface area contributed by atoms with Gasteiger partial charge in [-0.2, -0.15) is 0 Å². The molecule has 0 saturated carbocycles. The van der Waals surface area contributed by atoms with Crippen LogP contribution >= 0.6 is 34.8 Å². The van der Waals surface area contributed by atoms with Crippen molar-refractivity contribution in [3.05, 3.63) is 34.6 Å². The topological polar surface area (TPSA) is 0 Å². The highest BCUT2D eigenvalue weighted by atomic mass is 35.5. The lowest BCUT2D eigenvalue weighted by Crippen LogP contribution is -2.30. The van der Waals surface area contributed by atoms with Crippen LogP contribution in [0.3, 0.4) is 0 Å². The van der Waals surface area contributed by atoms with Crippen molar-refractivity contribution in [2.45, 2.75) is 26.7 Å². The lowest BCUT2D eigenvalue weighted by molar-refractivity contribution is 0.295. The van der Waals surface area contributed by atoms with Crippen LogP contribution in [0.2, 0.25) is 5.02 Å². The Labute approximate surface area is 123 Å². The Bertz CT molecular complexity index is 387. The molecule has 0 atom stereocenters. The molecule has 0 saturated heterocycles. The first-order valence-corrected chi connectivity index (χ1v) is 7.43. The van der Waals surface area contributed by atoms with E-state index in [0.29, 0.717) is 24.1 Å². The predicted octanol–water partition coefficient (Wildman–Crippen LogP) is 5.53. The van der Waals surface area contributed by atoms with E-state index in [4.69, 9.17) is 34.8 Å². The number of hydrogen-bond donors (Lipinski definition) is 0. The first-order valence-electron chi connectivity index (χ1n) is 5.98. The van der Waals surface area contributed by atoms with E-state index in [2.05, 4.69) is 13.8 Å². The summed E-state index contributed by atoms with van der Waals surface area (Å²) in [5.74, 6) is 1.05. The highest BCUT2D eigenvalue weighted by Gasteiger charge is 2.30. The second-order valence-electron chi connectivity index (χ2n) is 5.29. The molecule has 0 N–H and O–H groups in total. The minimum absolute atomic E-state index is 0.143. The third-order valence-corrected chi connectivity index (χ3v) is 4.41. The molecule has 0 aromatic heterocycles. The van der Waals surface area contributed by atoms with E-state index in [1.165, 1.54) is 6.07 Å². The van der Waals surface area contributed by atoms with Crippen LogP contribution in [0.25, 0.3) is 0 Å². The molecule has 0 radical (unpaired) electrons. The van der Waals surface area contributed by atoms with Crippen LogP contribution in [0, 0.1) is 17.2 Å². The quantitative estimate of drug-likeness (QED) is 0.606. The van der Waals surface area contributed by atoms with Crippen LogP contribution in [0.1, 0.15) is 25.8 Å². The SMILES string of the molecule is CC(C)CC(CCl)(CCl)Cc1ccc(Cl)c(F)c1. The minimum atomic E-state index is -0.392. The average Bonchev–Trinajstić information content (AvgIpc) is 2.32. The molecule has 0 bridgehead atoms. The van der Waals surface area contributed by atoms with Crippen molar-refractivity contribution in [1.29, 1.82) is 0 Å². The molecule has 18 heavy (non-hydrogen) atoms. The summed E-state index contributed by atoms with van der Waals surface area (Å²) in [4.78, 5) is 0. The van der Waals surface area contributed by atoms with Crippen molar-refractivity contribution in [2.24, 2.45) is 11.3 Å². The molecule has 0 fully saturated rings. The zero-order valence-corrected chi connectivity index (χ0v) is 12.9. The van der Waals surface area contributed by atoms with Gasteiger partial charge in [0.05, 0.1) is 5.02 Å². The smallest absolute Gasteiger partial charge is 0.142 e. The maximum Gasteiger partial charge on any atom is 0.142 e. The maximum absolute atomic E-state index is 13.4. The van der Waals surface area contributed by atoms with Crippen molar-refractivity contribution < 1.29 is 4.39 Å². The second-order valence-corrected chi connectivity index (χ2v) is 6.23. The molecule has 0 aliphatic heterocycles. The van der Waals surface area contributed by atoms with Crippen LogP contribution in [0.5, 0.6) is 0 Å². The Balaban J connectivity index is 2.92. The van der Waals surface area contributed by atoms with Crippen molar-refractivity contribution in [3.8, 4) is 0 Å². The van der Waals surface area contributed by atoms with Crippen LogP contribution in [-0.2, 0) is 6.42 Å². The standard InChI is InChI=1S/C14H18Cl3F/c1-10(2)6-14(8-15,9-16)7-11-3-4-12(17)13(18)5-11/h3-5,10H,6-9H2,1-2H3. The maximum atomic E-state index is 13.4. The predicted molar refractivity (Wildman–Crippen MR) is 78.4 cm³/mol. The van der Waals surface area contributed by atoms with Gasteiger partial charge in [0.2, 0.25) is 0 Å². The van der Waals surface area contributed by atoms with Crippen LogP contribution < -0.4 is 0 Å². The van der Waals surface area contributed by atoms with Gasteiger partial charge in [-0.25, -0.2) is 4.39 Å². The number of hydrogen-bond acceptors (Lipinski definition) is 0. The van der Waals surface area contributed by atoms with Crippen LogP contribution in [0.4, 0.5) is 4.39 Å². The Morgan fingerprint density at radius 1 is 1.22 bits per heavy atom. The summed E-state index contributed by atoms with van der Waals surface area (Å²) in [6.45, 7) is 4.27. The molecule has 1 aromatic carbocycles. The molecule has 0 nitrogen and oxygen atoms in total. The van der Waals surface area contributed by atoms with Crippen molar-refractivity contribution in [2.75, 3.05) is 11.8 Å². The Morgan fingerprint density at radius 3 is 2.28 bits per heavy atom. The van der Waals surface area contributed by atoms with Gasteiger partial charge in [0, 0.05) is 17.2 Å². The van der Waals surface area contributed by atoms with Crippen LogP contribution in [-0.4, -0.2) is 11.8 Å². The monoisotopic (exact) mass is 310 g/mol. The number of alkyl halides is 2. The third kappa shape index (κ3) is 4.29. The van der Waals surface area contributed by atoms with Gasteiger partial charge in [0.25, 0.3) is 0 Å². The molecule has 0 aliphatic carbocycles. The molecular formula is C14H18Cl3F. The summed E-state index contributed by atoms with van der Waals surface area (Å²) >= 11 is 17.8.